The van der Waals surface area contributed by atoms with Crippen LogP contribution in [0.2, 0.25) is 0 Å². The highest BCUT2D eigenvalue weighted by Gasteiger charge is 2.38. The van der Waals surface area contributed by atoms with Crippen LogP contribution in [0.15, 0.2) is 17.1 Å². The van der Waals surface area contributed by atoms with Gasteiger partial charge in [0.25, 0.3) is 0 Å². The summed E-state index contributed by atoms with van der Waals surface area (Å²) in [5, 5.41) is -0.469. The number of carbonyl (C=O) groups excluding carboxylic acids is 1. The van der Waals surface area contributed by atoms with E-state index in [0.29, 0.717) is 5.90 Å². The van der Waals surface area contributed by atoms with Crippen molar-refractivity contribution >= 4 is 23.0 Å². The molecule has 0 amide bonds. The monoisotopic (exact) mass is 321 g/mol. The van der Waals surface area contributed by atoms with E-state index in [9.17, 15) is 4.79 Å². The molecule has 1 atom stereocenters. The molecule has 1 heterocycles. The van der Waals surface area contributed by atoms with Crippen LogP contribution in [0.25, 0.3) is 0 Å². The number of nitrogens with zero attached hydrogens (tertiary/aromatic N) is 1. The third-order valence-corrected chi connectivity index (χ3v) is 4.26. The fraction of sp³-hybridized carbons (Fsp3) is 0.529. The predicted molar refractivity (Wildman–Crippen MR) is 90.6 cm³/mol. The maximum atomic E-state index is 11.3. The van der Waals surface area contributed by atoms with Crippen molar-refractivity contribution in [1.29, 1.82) is 0 Å². The smallest absolute Gasteiger partial charge is 0.270 e. The highest BCUT2D eigenvalue weighted by atomic mass is 32.2. The summed E-state index contributed by atoms with van der Waals surface area (Å²) in [6.45, 7) is 10.4. The Bertz CT molecular complexity index is 599. The summed E-state index contributed by atoms with van der Waals surface area (Å²) in [6, 6.07) is 4.33. The first-order valence-electron chi connectivity index (χ1n) is 7.33. The van der Waals surface area contributed by atoms with Crippen LogP contribution in [0, 0.1) is 20.8 Å². The normalized spacial score (nSPS) is 19.7. The minimum atomic E-state index is -0.469. The van der Waals surface area contributed by atoms with Crippen molar-refractivity contribution in [3.8, 4) is 0 Å². The molecule has 0 aliphatic carbocycles. The molecular weight excluding hydrogens is 298 g/mol. The summed E-state index contributed by atoms with van der Waals surface area (Å²) in [7, 11) is 0. The molecule has 0 N–H and O–H groups in total. The lowest BCUT2D eigenvalue weighted by molar-refractivity contribution is -0.149. The first kappa shape index (κ1) is 16.9. The van der Waals surface area contributed by atoms with Crippen molar-refractivity contribution < 1.29 is 14.6 Å². The zero-order chi connectivity index (χ0) is 16.5. The molecular formula is C17H23NO3S. The average Bonchev–Trinajstić information content (AvgIpc) is 2.70. The van der Waals surface area contributed by atoms with Gasteiger partial charge in [0.2, 0.25) is 5.90 Å². The number of rotatable bonds is 1. The molecule has 4 nitrogen and oxygen atoms in total. The number of benzene rings is 1. The zero-order valence-corrected chi connectivity index (χ0v) is 14.8. The molecule has 120 valence electrons. The van der Waals surface area contributed by atoms with Gasteiger partial charge in [0.1, 0.15) is 0 Å². The summed E-state index contributed by atoms with van der Waals surface area (Å²) in [6.07, 6.45) is 2.49. The van der Waals surface area contributed by atoms with Crippen molar-refractivity contribution in [3.05, 3.63) is 34.4 Å². The molecule has 0 saturated carbocycles. The maximum Gasteiger partial charge on any atom is 0.413 e. The lowest BCUT2D eigenvalue weighted by Crippen LogP contribution is -2.17. The fourth-order valence-electron chi connectivity index (χ4n) is 3.16. The van der Waals surface area contributed by atoms with Gasteiger partial charge in [-0.1, -0.05) is 17.7 Å². The molecule has 0 aromatic heterocycles. The Labute approximate surface area is 136 Å². The Kier molecular flexibility index (Phi) is 4.85. The van der Waals surface area contributed by atoms with Crippen LogP contribution in [-0.4, -0.2) is 23.0 Å². The van der Waals surface area contributed by atoms with E-state index in [4.69, 9.17) is 9.78 Å². The first-order chi connectivity index (χ1) is 10.2. The van der Waals surface area contributed by atoms with Crippen molar-refractivity contribution in [2.45, 2.75) is 52.5 Å². The summed E-state index contributed by atoms with van der Waals surface area (Å²) in [5.41, 5.74) is 4.66. The summed E-state index contributed by atoms with van der Waals surface area (Å²) >= 11 is 0.972. The Balaban J connectivity index is 2.33. The molecule has 0 radical (unpaired) electrons. The van der Waals surface area contributed by atoms with Gasteiger partial charge < -0.3 is 0 Å². The van der Waals surface area contributed by atoms with Crippen LogP contribution in [0.3, 0.4) is 0 Å². The lowest BCUT2D eigenvalue weighted by Gasteiger charge is -2.20. The lowest BCUT2D eigenvalue weighted by atomic mass is 9.84. The number of carbonyl (C=O) groups is 1. The first-order valence-corrected chi connectivity index (χ1v) is 8.56. The fourth-order valence-corrected chi connectivity index (χ4v) is 3.26. The number of hydrogen-bond acceptors (Lipinski definition) is 5. The number of hydrogen-bond donors (Lipinski definition) is 0. The van der Waals surface area contributed by atoms with Crippen LogP contribution < -0.4 is 0 Å². The minimum absolute atomic E-state index is 0.0188. The minimum Gasteiger partial charge on any atom is -0.270 e. The largest absolute Gasteiger partial charge is 0.413 e. The number of aliphatic imine (C=N–C) groups is 1. The maximum absolute atomic E-state index is 11.3. The molecule has 22 heavy (non-hydrogen) atoms. The second-order valence-corrected chi connectivity index (χ2v) is 7.19. The van der Waals surface area contributed by atoms with E-state index >= 15 is 0 Å². The van der Waals surface area contributed by atoms with Crippen molar-refractivity contribution in [1.82, 2.24) is 0 Å². The van der Waals surface area contributed by atoms with E-state index < -0.39 is 5.30 Å². The molecule has 2 rings (SSSR count). The molecule has 0 fully saturated rings. The van der Waals surface area contributed by atoms with Gasteiger partial charge >= 0.3 is 5.30 Å². The van der Waals surface area contributed by atoms with Crippen LogP contribution in [-0.2, 0) is 9.78 Å². The van der Waals surface area contributed by atoms with Crippen molar-refractivity contribution in [2.75, 3.05) is 6.26 Å². The van der Waals surface area contributed by atoms with Gasteiger partial charge in [0, 0.05) is 0 Å². The van der Waals surface area contributed by atoms with Crippen molar-refractivity contribution in [2.24, 2.45) is 4.99 Å². The molecule has 1 aliphatic heterocycles. The Hall–Kier alpha value is -1.49. The van der Waals surface area contributed by atoms with Gasteiger partial charge in [-0.3, -0.25) is 4.89 Å². The summed E-state index contributed by atoms with van der Waals surface area (Å²) < 4.78 is 0. The van der Waals surface area contributed by atoms with Crippen LogP contribution >= 0.6 is 11.8 Å². The van der Waals surface area contributed by atoms with Crippen LogP contribution in [0.1, 0.15) is 48.4 Å². The molecule has 1 aromatic carbocycles. The standard InChI is InChI=1S/C17H23NO3S/c1-10-7-11(2)14(12(3)8-10)13-9-17(4,5)18-15(13)20-21-16(19)22-6/h7-8,13H,9H2,1-6H3. The van der Waals surface area contributed by atoms with E-state index in [-0.39, 0.29) is 11.5 Å². The van der Waals surface area contributed by atoms with E-state index in [1.165, 1.54) is 22.3 Å². The number of aryl methyl sites for hydroxylation is 3. The highest BCUT2D eigenvalue weighted by molar-refractivity contribution is 8.12. The van der Waals surface area contributed by atoms with Gasteiger partial charge in [-0.25, -0.2) is 14.7 Å². The zero-order valence-electron chi connectivity index (χ0n) is 14.0. The Morgan fingerprint density at radius 2 is 1.86 bits per heavy atom. The van der Waals surface area contributed by atoms with E-state index in [2.05, 4.69) is 51.7 Å². The molecule has 5 heteroatoms. The van der Waals surface area contributed by atoms with Gasteiger partial charge in [0.15, 0.2) is 0 Å². The molecule has 0 saturated heterocycles. The molecule has 1 aliphatic rings. The van der Waals surface area contributed by atoms with Crippen LogP contribution in [0.4, 0.5) is 4.79 Å². The van der Waals surface area contributed by atoms with E-state index in [1.807, 2.05) is 0 Å². The van der Waals surface area contributed by atoms with Crippen molar-refractivity contribution in [3.63, 3.8) is 0 Å². The highest BCUT2D eigenvalue weighted by Crippen LogP contribution is 2.40. The molecule has 0 spiro atoms. The quantitative estimate of drug-likeness (QED) is 0.555. The number of thioether (sulfide) groups is 1. The van der Waals surface area contributed by atoms with Gasteiger partial charge in [0.05, 0.1) is 11.5 Å². The predicted octanol–water partition coefficient (Wildman–Crippen LogP) is 4.71. The van der Waals surface area contributed by atoms with Gasteiger partial charge in [-0.05, 0) is 75.7 Å². The Morgan fingerprint density at radius 1 is 1.27 bits per heavy atom. The van der Waals surface area contributed by atoms with Gasteiger partial charge in [-0.2, -0.15) is 0 Å². The second-order valence-electron chi connectivity index (χ2n) is 6.45. The van der Waals surface area contributed by atoms with Crippen LogP contribution in [0.5, 0.6) is 0 Å². The third kappa shape index (κ3) is 3.64. The average molecular weight is 321 g/mol. The third-order valence-electron chi connectivity index (χ3n) is 3.86. The van der Waals surface area contributed by atoms with E-state index in [1.54, 1.807) is 6.26 Å². The molecule has 1 aromatic rings. The summed E-state index contributed by atoms with van der Waals surface area (Å²) in [4.78, 5) is 26.0. The van der Waals surface area contributed by atoms with Gasteiger partial charge in [-0.15, -0.1) is 0 Å². The summed E-state index contributed by atoms with van der Waals surface area (Å²) in [5.74, 6) is 0.507. The Morgan fingerprint density at radius 3 is 2.41 bits per heavy atom. The topological polar surface area (TPSA) is 47.9 Å². The SMILES string of the molecule is CSC(=O)OOC1=NC(C)(C)CC1c1c(C)cc(C)cc1C. The second kappa shape index (κ2) is 6.32. The molecule has 0 bridgehead atoms. The van der Waals surface area contributed by atoms with E-state index in [0.717, 1.165) is 18.2 Å². The molecule has 1 unspecified atom stereocenters.